The van der Waals surface area contributed by atoms with Gasteiger partial charge in [0.25, 0.3) is 0 Å². The van der Waals surface area contributed by atoms with E-state index in [0.29, 0.717) is 0 Å². The highest BCUT2D eigenvalue weighted by atomic mass is 35.5. The van der Waals surface area contributed by atoms with Crippen LogP contribution in [0, 0.1) is 12.0 Å². The van der Waals surface area contributed by atoms with Crippen LogP contribution in [0.5, 0.6) is 0 Å². The van der Waals surface area contributed by atoms with Gasteiger partial charge in [-0.15, -0.1) is 0 Å². The van der Waals surface area contributed by atoms with Crippen LogP contribution in [0.2, 0.25) is 5.02 Å². The normalized spacial score (nSPS) is 9.25. The van der Waals surface area contributed by atoms with Crippen LogP contribution in [0.4, 0.5) is 4.39 Å². The second kappa shape index (κ2) is 2.09. The van der Waals surface area contributed by atoms with E-state index in [2.05, 4.69) is 11.2 Å². The van der Waals surface area contributed by atoms with Gasteiger partial charge in [-0.3, -0.25) is 4.98 Å². The number of halogens is 2. The molecule has 0 unspecified atom stereocenters. The van der Waals surface area contributed by atoms with Gasteiger partial charge < -0.3 is 0 Å². The van der Waals surface area contributed by atoms with Gasteiger partial charge in [-0.1, -0.05) is 11.6 Å². The molecule has 1 rings (SSSR count). The van der Waals surface area contributed by atoms with E-state index in [9.17, 15) is 4.39 Å². The van der Waals surface area contributed by atoms with Crippen molar-refractivity contribution < 1.29 is 4.39 Å². The largest absolute Gasteiger partial charge is 0.253 e. The Morgan fingerprint density at radius 1 is 1.75 bits per heavy atom. The molecule has 0 bridgehead atoms. The first-order valence-electron chi connectivity index (χ1n) is 1.98. The Balaban J connectivity index is 3.13. The van der Waals surface area contributed by atoms with E-state index < -0.39 is 5.82 Å². The summed E-state index contributed by atoms with van der Waals surface area (Å²) in [6.07, 6.45) is 3.53. The molecule has 0 aliphatic rings. The maximum absolute atomic E-state index is 12.1. The summed E-state index contributed by atoms with van der Waals surface area (Å²) in [6.45, 7) is 0. The lowest BCUT2D eigenvalue weighted by atomic mass is 10.5. The summed E-state index contributed by atoms with van der Waals surface area (Å²) >= 11 is 5.22. The van der Waals surface area contributed by atoms with Crippen LogP contribution in [0.25, 0.3) is 0 Å². The zero-order valence-corrected chi connectivity index (χ0v) is 4.61. The van der Waals surface area contributed by atoms with Crippen LogP contribution in [0.1, 0.15) is 0 Å². The number of hydrogen-bond donors (Lipinski definition) is 0. The smallest absolute Gasteiger partial charge is 0.145 e. The topological polar surface area (TPSA) is 12.9 Å². The molecule has 3 heteroatoms. The Kier molecular flexibility index (Phi) is 1.44. The summed E-state index contributed by atoms with van der Waals surface area (Å²) in [5.41, 5.74) is 0. The van der Waals surface area contributed by atoms with Gasteiger partial charge >= 0.3 is 0 Å². The van der Waals surface area contributed by atoms with Crippen molar-refractivity contribution in [2.45, 2.75) is 0 Å². The quantitative estimate of drug-likeness (QED) is 0.521. The minimum Gasteiger partial charge on any atom is -0.253 e. The van der Waals surface area contributed by atoms with E-state index in [-0.39, 0.29) is 5.02 Å². The van der Waals surface area contributed by atoms with Crippen LogP contribution in [-0.2, 0) is 0 Å². The van der Waals surface area contributed by atoms with Gasteiger partial charge in [0.15, 0.2) is 0 Å². The van der Waals surface area contributed by atoms with Crippen LogP contribution in [0.15, 0.2) is 12.3 Å². The summed E-state index contributed by atoms with van der Waals surface area (Å²) < 4.78 is 12.1. The van der Waals surface area contributed by atoms with Crippen molar-refractivity contribution in [2.75, 3.05) is 0 Å². The minimum absolute atomic E-state index is 0.0625. The van der Waals surface area contributed by atoms with E-state index >= 15 is 0 Å². The maximum atomic E-state index is 12.1. The maximum Gasteiger partial charge on any atom is 0.145 e. The van der Waals surface area contributed by atoms with Gasteiger partial charge in [-0.05, 0) is 6.07 Å². The van der Waals surface area contributed by atoms with E-state index in [0.717, 1.165) is 0 Å². The highest BCUT2D eigenvalue weighted by Gasteiger charge is 1.93. The molecule has 1 radical (unpaired) electrons. The molecule has 0 spiro atoms. The predicted octanol–water partition coefficient (Wildman–Crippen LogP) is 1.67. The van der Waals surface area contributed by atoms with Crippen LogP contribution >= 0.6 is 11.6 Å². The molecule has 0 aliphatic heterocycles. The van der Waals surface area contributed by atoms with E-state index in [4.69, 9.17) is 11.6 Å². The second-order valence-corrected chi connectivity index (χ2v) is 1.60. The molecule has 0 saturated carbocycles. The molecular formula is C5H2ClFN. The van der Waals surface area contributed by atoms with Crippen molar-refractivity contribution in [3.05, 3.63) is 29.3 Å². The second-order valence-electron chi connectivity index (χ2n) is 1.22. The van der Waals surface area contributed by atoms with Crippen molar-refractivity contribution in [1.82, 2.24) is 4.98 Å². The summed E-state index contributed by atoms with van der Waals surface area (Å²) in [5.74, 6) is -0.485. The summed E-state index contributed by atoms with van der Waals surface area (Å²) in [7, 11) is 0. The van der Waals surface area contributed by atoms with Gasteiger partial charge in [0.2, 0.25) is 0 Å². The fourth-order valence-corrected chi connectivity index (χ4v) is 0.435. The zero-order chi connectivity index (χ0) is 5.98. The number of hydrogen-bond acceptors (Lipinski definition) is 1. The monoisotopic (exact) mass is 130 g/mol. The van der Waals surface area contributed by atoms with E-state index in [1.165, 1.54) is 12.3 Å². The molecule has 1 aromatic rings. The molecule has 41 valence electrons. The van der Waals surface area contributed by atoms with E-state index in [1.54, 1.807) is 0 Å². The Morgan fingerprint density at radius 2 is 2.50 bits per heavy atom. The molecule has 1 nitrogen and oxygen atoms in total. The lowest BCUT2D eigenvalue weighted by molar-refractivity contribution is 0.625. The third-order valence-electron chi connectivity index (χ3n) is 0.668. The molecule has 0 N–H and O–H groups in total. The van der Waals surface area contributed by atoms with Crippen LogP contribution in [0.3, 0.4) is 0 Å². The average Bonchev–Trinajstić information content (AvgIpc) is 1.77. The van der Waals surface area contributed by atoms with Crippen molar-refractivity contribution in [3.63, 3.8) is 0 Å². The van der Waals surface area contributed by atoms with Gasteiger partial charge in [-0.25, -0.2) is 4.39 Å². The fourth-order valence-electron chi connectivity index (χ4n) is 0.323. The highest BCUT2D eigenvalue weighted by molar-refractivity contribution is 6.30. The number of rotatable bonds is 0. The van der Waals surface area contributed by atoms with Crippen LogP contribution in [-0.4, -0.2) is 4.98 Å². The number of aromatic nitrogens is 1. The summed E-state index contributed by atoms with van der Waals surface area (Å²) in [5, 5.41) is -0.0625. The molecule has 0 fully saturated rings. The van der Waals surface area contributed by atoms with E-state index in [1.807, 2.05) is 0 Å². The standard InChI is InChI=1S/C5H2ClFN/c6-4-3-8-2-1-5(4)7/h1-2H. The van der Waals surface area contributed by atoms with Gasteiger partial charge in [-0.2, -0.15) is 0 Å². The Bertz CT molecular complexity index is 169. The fraction of sp³-hybridized carbons (Fsp3) is 0. The molecule has 1 heterocycles. The summed E-state index contributed by atoms with van der Waals surface area (Å²) in [6, 6.07) is 1.18. The van der Waals surface area contributed by atoms with Crippen molar-refractivity contribution >= 4 is 11.6 Å². The molecule has 0 saturated heterocycles. The molecule has 8 heavy (non-hydrogen) atoms. The van der Waals surface area contributed by atoms with Gasteiger partial charge in [0, 0.05) is 6.20 Å². The molecule has 0 amide bonds. The minimum atomic E-state index is -0.485. The summed E-state index contributed by atoms with van der Waals surface area (Å²) in [4.78, 5) is 3.45. The molecule has 0 atom stereocenters. The van der Waals surface area contributed by atoms with Gasteiger partial charge in [0.05, 0.1) is 0 Å². The SMILES string of the molecule is Fc1ccn[c]c1Cl. The van der Waals surface area contributed by atoms with Crippen molar-refractivity contribution in [1.29, 1.82) is 0 Å². The number of nitrogens with zero attached hydrogens (tertiary/aromatic N) is 1. The van der Waals surface area contributed by atoms with Crippen molar-refractivity contribution in [2.24, 2.45) is 0 Å². The molecular weight excluding hydrogens is 129 g/mol. The average molecular weight is 131 g/mol. The van der Waals surface area contributed by atoms with Gasteiger partial charge in [0.1, 0.15) is 17.0 Å². The third-order valence-corrected chi connectivity index (χ3v) is 0.933. The first-order valence-corrected chi connectivity index (χ1v) is 2.36. The third kappa shape index (κ3) is 0.954. The lowest BCUT2D eigenvalue weighted by Gasteiger charge is -1.85. The predicted molar refractivity (Wildman–Crippen MR) is 28.0 cm³/mol. The first kappa shape index (κ1) is 5.51. The Labute approximate surface area is 51.1 Å². The highest BCUT2D eigenvalue weighted by Crippen LogP contribution is 2.08. The Hall–Kier alpha value is -0.630. The Morgan fingerprint density at radius 3 is 2.88 bits per heavy atom. The molecule has 1 aromatic heterocycles. The first-order chi connectivity index (χ1) is 3.80. The lowest BCUT2D eigenvalue weighted by Crippen LogP contribution is -1.76. The zero-order valence-electron chi connectivity index (χ0n) is 3.86. The molecule has 0 aliphatic carbocycles. The number of pyridine rings is 1. The van der Waals surface area contributed by atoms with Crippen LogP contribution < -0.4 is 0 Å². The van der Waals surface area contributed by atoms with Crippen molar-refractivity contribution in [3.8, 4) is 0 Å². The molecule has 0 aromatic carbocycles.